The molecule has 15 heteroatoms. The number of aryl methyl sites for hydroxylation is 1. The first-order valence-electron chi connectivity index (χ1n) is 14.0. The van der Waals surface area contributed by atoms with Crippen molar-refractivity contribution in [1.82, 2.24) is 9.80 Å². The van der Waals surface area contributed by atoms with Crippen molar-refractivity contribution < 1.29 is 55.8 Å². The molecule has 2 amide bonds. The first-order valence-corrected chi connectivity index (χ1v) is 15.4. The Kier molecular flexibility index (Phi) is 12.2. The molecule has 0 radical (unpaired) electrons. The number of aliphatic hydroxyl groups excluding tert-OH is 1. The zero-order chi connectivity index (χ0) is 33.6. The summed E-state index contributed by atoms with van der Waals surface area (Å²) in [7, 11) is -1.58. The Morgan fingerprint density at radius 3 is 1.64 bits per heavy atom. The van der Waals surface area contributed by atoms with Gasteiger partial charge in [-0.1, -0.05) is 17.7 Å². The van der Waals surface area contributed by atoms with Gasteiger partial charge < -0.3 is 24.1 Å². The van der Waals surface area contributed by atoms with Crippen molar-refractivity contribution in [1.29, 1.82) is 0 Å². The average molecular weight is 645 g/mol. The molecule has 1 aromatic carbocycles. The number of esters is 2. The van der Waals surface area contributed by atoms with E-state index in [1.807, 2.05) is 6.92 Å². The van der Waals surface area contributed by atoms with Crippen LogP contribution in [0.4, 0.5) is 9.59 Å². The Morgan fingerprint density at radius 2 is 1.20 bits per heavy atom. The number of carbonyl (C=O) groups is 4. The fraction of sp³-hybridized carbons (Fsp3) is 0.655. The highest BCUT2D eigenvalue weighted by Crippen LogP contribution is 2.27. The summed E-state index contributed by atoms with van der Waals surface area (Å²) in [6.45, 7) is 12.2. The van der Waals surface area contributed by atoms with Gasteiger partial charge in [-0.3, -0.25) is 14.0 Å². The van der Waals surface area contributed by atoms with E-state index in [0.29, 0.717) is 0 Å². The number of benzene rings is 1. The number of rotatable bonds is 5. The lowest BCUT2D eigenvalue weighted by molar-refractivity contribution is -0.146. The summed E-state index contributed by atoms with van der Waals surface area (Å²) in [5, 5.41) is 9.50. The van der Waals surface area contributed by atoms with Crippen LogP contribution in [0.2, 0.25) is 0 Å². The van der Waals surface area contributed by atoms with Crippen LogP contribution in [-0.2, 0) is 42.8 Å². The molecule has 3 rings (SSSR count). The molecule has 1 N–H and O–H groups in total. The molecule has 1 aromatic rings. The van der Waals surface area contributed by atoms with Crippen LogP contribution in [0.5, 0.6) is 0 Å². The number of hydrogen-bond acceptors (Lipinski definition) is 12. The lowest BCUT2D eigenvalue weighted by Crippen LogP contribution is -2.44. The van der Waals surface area contributed by atoms with E-state index in [-0.39, 0.29) is 30.8 Å². The van der Waals surface area contributed by atoms with E-state index in [1.54, 1.807) is 53.7 Å². The van der Waals surface area contributed by atoms with Crippen LogP contribution < -0.4 is 0 Å². The molecule has 2 heterocycles. The third-order valence-electron chi connectivity index (χ3n) is 6.32. The molecule has 2 fully saturated rings. The molecule has 0 unspecified atom stereocenters. The van der Waals surface area contributed by atoms with Crippen molar-refractivity contribution in [3.8, 4) is 0 Å². The summed E-state index contributed by atoms with van der Waals surface area (Å²) in [5.74, 6) is -1.19. The second kappa shape index (κ2) is 14.6. The van der Waals surface area contributed by atoms with E-state index in [1.165, 1.54) is 31.3 Å². The first kappa shape index (κ1) is 36.8. The van der Waals surface area contributed by atoms with Gasteiger partial charge in [-0.2, -0.15) is 8.42 Å². The molecular formula is C29H44N2O12S. The lowest BCUT2D eigenvalue weighted by atomic mass is 10.2. The van der Waals surface area contributed by atoms with E-state index < -0.39 is 69.7 Å². The van der Waals surface area contributed by atoms with Crippen molar-refractivity contribution in [3.63, 3.8) is 0 Å². The Balaban J connectivity index is 0.000000342. The highest BCUT2D eigenvalue weighted by molar-refractivity contribution is 7.86. The molecule has 44 heavy (non-hydrogen) atoms. The Labute approximate surface area is 258 Å². The molecule has 2 aliphatic rings. The van der Waals surface area contributed by atoms with Crippen LogP contribution in [0.15, 0.2) is 29.2 Å². The first-order chi connectivity index (χ1) is 20.2. The Bertz CT molecular complexity index is 1280. The van der Waals surface area contributed by atoms with Gasteiger partial charge in [0.05, 0.1) is 44.4 Å². The number of nitrogens with zero attached hydrogens (tertiary/aromatic N) is 2. The van der Waals surface area contributed by atoms with Gasteiger partial charge in [0.15, 0.2) is 0 Å². The van der Waals surface area contributed by atoms with Gasteiger partial charge >= 0.3 is 24.1 Å². The Hall–Kier alpha value is -3.43. The molecule has 4 atom stereocenters. The minimum atomic E-state index is -4.03. The largest absolute Gasteiger partial charge is 0.467 e. The van der Waals surface area contributed by atoms with Gasteiger partial charge in [0.1, 0.15) is 23.3 Å². The van der Waals surface area contributed by atoms with Crippen LogP contribution in [-0.4, -0.2) is 110 Å². The normalized spacial score (nSPS) is 22.0. The quantitative estimate of drug-likeness (QED) is 0.282. The maximum atomic E-state index is 12.5. The van der Waals surface area contributed by atoms with E-state index >= 15 is 0 Å². The highest BCUT2D eigenvalue weighted by atomic mass is 32.2. The molecular weight excluding hydrogens is 600 g/mol. The molecule has 2 aliphatic heterocycles. The third kappa shape index (κ3) is 10.6. The van der Waals surface area contributed by atoms with E-state index in [0.717, 1.165) is 10.5 Å². The summed E-state index contributed by atoms with van der Waals surface area (Å²) in [6, 6.07) is 4.49. The number of likely N-dealkylation sites (tertiary alicyclic amines) is 2. The summed E-state index contributed by atoms with van der Waals surface area (Å²) in [4.78, 5) is 50.1. The van der Waals surface area contributed by atoms with Crippen molar-refractivity contribution >= 4 is 34.2 Å². The van der Waals surface area contributed by atoms with Crippen molar-refractivity contribution in [2.75, 3.05) is 27.3 Å². The van der Waals surface area contributed by atoms with E-state index in [9.17, 15) is 32.7 Å². The van der Waals surface area contributed by atoms with Crippen LogP contribution in [0.1, 0.15) is 59.9 Å². The van der Waals surface area contributed by atoms with Crippen molar-refractivity contribution in [2.45, 2.75) is 102 Å². The second-order valence-electron chi connectivity index (χ2n) is 12.5. The lowest BCUT2D eigenvalue weighted by Gasteiger charge is -2.27. The van der Waals surface area contributed by atoms with Gasteiger partial charge in [-0.05, 0) is 60.6 Å². The minimum absolute atomic E-state index is 0.00297. The number of aliphatic hydroxyl groups is 1. The molecule has 0 spiro atoms. The fourth-order valence-electron chi connectivity index (χ4n) is 4.38. The van der Waals surface area contributed by atoms with Crippen molar-refractivity contribution in [3.05, 3.63) is 29.8 Å². The summed E-state index contributed by atoms with van der Waals surface area (Å²) in [5.41, 5.74) is -0.479. The summed E-state index contributed by atoms with van der Waals surface area (Å²) in [6.07, 6.45) is -2.75. The van der Waals surface area contributed by atoms with E-state index in [4.69, 9.17) is 18.4 Å². The topological polar surface area (TPSA) is 175 Å². The highest BCUT2D eigenvalue weighted by Gasteiger charge is 2.44. The second-order valence-corrected chi connectivity index (χ2v) is 14.0. The van der Waals surface area contributed by atoms with Gasteiger partial charge in [0.25, 0.3) is 10.1 Å². The zero-order valence-corrected chi connectivity index (χ0v) is 27.5. The van der Waals surface area contributed by atoms with Crippen LogP contribution >= 0.6 is 0 Å². The number of carbonyl (C=O) groups excluding carboxylic acids is 4. The van der Waals surface area contributed by atoms with Gasteiger partial charge in [0.2, 0.25) is 0 Å². The maximum absolute atomic E-state index is 12.5. The van der Waals surface area contributed by atoms with E-state index in [2.05, 4.69) is 4.74 Å². The van der Waals surface area contributed by atoms with Gasteiger partial charge in [-0.15, -0.1) is 0 Å². The van der Waals surface area contributed by atoms with Crippen molar-refractivity contribution in [2.24, 2.45) is 0 Å². The van der Waals surface area contributed by atoms with Crippen LogP contribution in [0.25, 0.3) is 0 Å². The zero-order valence-electron chi connectivity index (χ0n) is 26.7. The number of amides is 2. The predicted octanol–water partition coefficient (Wildman–Crippen LogP) is 2.78. The smallest absolute Gasteiger partial charge is 0.411 e. The fourth-order valence-corrected chi connectivity index (χ4v) is 5.46. The number of ether oxygens (including phenoxy) is 4. The minimum Gasteiger partial charge on any atom is -0.467 e. The Morgan fingerprint density at radius 1 is 0.773 bits per heavy atom. The molecule has 2 saturated heterocycles. The molecule has 0 saturated carbocycles. The predicted molar refractivity (Wildman–Crippen MR) is 156 cm³/mol. The van der Waals surface area contributed by atoms with Crippen LogP contribution in [0, 0.1) is 6.92 Å². The summed E-state index contributed by atoms with van der Waals surface area (Å²) >= 11 is 0. The molecule has 0 aromatic heterocycles. The average Bonchev–Trinajstić information content (AvgIpc) is 3.50. The number of hydrogen-bond donors (Lipinski definition) is 1. The van der Waals surface area contributed by atoms with Gasteiger partial charge in [0, 0.05) is 12.8 Å². The molecule has 14 nitrogen and oxygen atoms in total. The number of β-amino-alcohol motifs (C(OH)–C–C–N with tert-alkyl or cyclic N) is 1. The molecule has 0 aliphatic carbocycles. The summed E-state index contributed by atoms with van der Waals surface area (Å²) < 4.78 is 50.0. The monoisotopic (exact) mass is 644 g/mol. The van der Waals surface area contributed by atoms with Crippen LogP contribution in [0.3, 0.4) is 0 Å². The van der Waals surface area contributed by atoms with Gasteiger partial charge in [-0.25, -0.2) is 19.2 Å². The SMILES string of the molecule is COC(=O)[C@@H]1C[C@@H](O)CN1C(=O)OC(C)(C)C.COC(=O)[C@@H]1C[C@H](OS(=O)(=O)c2ccc(C)cc2)CN1C(=O)OC(C)(C)C. The molecule has 0 bridgehead atoms. The maximum Gasteiger partial charge on any atom is 0.411 e. The molecule has 248 valence electrons. The third-order valence-corrected chi connectivity index (χ3v) is 7.69. The standard InChI is InChI=1S/C18H25NO7S.C11H19NO5/c1-12-6-8-14(9-7-12)27(22,23)26-13-10-15(16(20)24-5)19(11-13)17(21)25-18(2,3)4;1-11(2,3)17-10(15)12-6-7(13)5-8(12)9(14)16-4/h6-9,13,15H,10-11H2,1-5H3;7-8,13H,5-6H2,1-4H3/t13-,15-;7-,8+/m01/s1. The number of methoxy groups -OCH3 is 2.